The number of benzene rings is 1. The van der Waals surface area contributed by atoms with Gasteiger partial charge in [0.15, 0.2) is 11.4 Å². The number of furan rings is 1. The quantitative estimate of drug-likeness (QED) is 0.758. The monoisotopic (exact) mass is 300 g/mol. The van der Waals surface area contributed by atoms with Crippen LogP contribution in [0.3, 0.4) is 0 Å². The topological polar surface area (TPSA) is 57.9 Å². The van der Waals surface area contributed by atoms with E-state index in [1.54, 1.807) is 0 Å². The first-order valence-corrected chi connectivity index (χ1v) is 7.66. The molecule has 0 N–H and O–H groups in total. The van der Waals surface area contributed by atoms with E-state index in [0.717, 1.165) is 29.4 Å². The number of rotatable bonds is 1. The lowest BCUT2D eigenvalue weighted by Crippen LogP contribution is -2.38. The van der Waals surface area contributed by atoms with Gasteiger partial charge in [0, 0.05) is 17.7 Å². The summed E-state index contributed by atoms with van der Waals surface area (Å²) >= 11 is 0. The van der Waals surface area contributed by atoms with E-state index >= 15 is 0 Å². The summed E-state index contributed by atoms with van der Waals surface area (Å²) in [6, 6.07) is 7.73. The molecule has 114 valence electrons. The molecule has 2 fully saturated rings. The molecule has 2 aromatic rings. The molecule has 3 aliphatic heterocycles. The molecule has 0 unspecified atom stereocenters. The van der Waals surface area contributed by atoms with E-state index < -0.39 is 11.4 Å². The van der Waals surface area contributed by atoms with Gasteiger partial charge in [-0.2, -0.15) is 0 Å². The van der Waals surface area contributed by atoms with Gasteiger partial charge < -0.3 is 18.6 Å². The van der Waals surface area contributed by atoms with Crippen LogP contribution in [0, 0.1) is 5.92 Å². The van der Waals surface area contributed by atoms with Gasteiger partial charge in [-0.15, -0.1) is 0 Å². The zero-order valence-corrected chi connectivity index (χ0v) is 12.3. The molecule has 3 aliphatic rings. The number of methoxy groups -OCH3 is 1. The summed E-state index contributed by atoms with van der Waals surface area (Å²) in [5, 5.41) is 0.910. The lowest BCUT2D eigenvalue weighted by Gasteiger charge is -2.35. The van der Waals surface area contributed by atoms with Gasteiger partial charge in [0.1, 0.15) is 5.58 Å². The molecule has 1 aromatic heterocycles. The third-order valence-corrected chi connectivity index (χ3v) is 5.24. The summed E-state index contributed by atoms with van der Waals surface area (Å²) in [4.78, 5) is 12.6. The van der Waals surface area contributed by atoms with Gasteiger partial charge in [0.05, 0.1) is 19.3 Å². The Morgan fingerprint density at radius 1 is 1.36 bits per heavy atom. The fourth-order valence-electron chi connectivity index (χ4n) is 4.39. The van der Waals surface area contributed by atoms with E-state index in [1.807, 2.05) is 24.3 Å². The highest BCUT2D eigenvalue weighted by molar-refractivity contribution is 5.93. The average Bonchev–Trinajstić information content (AvgIpc) is 3.18. The van der Waals surface area contributed by atoms with Gasteiger partial charge in [-0.05, 0) is 18.9 Å². The van der Waals surface area contributed by atoms with Crippen LogP contribution in [-0.2, 0) is 30.4 Å². The van der Waals surface area contributed by atoms with Gasteiger partial charge in [-0.3, -0.25) is 0 Å². The summed E-state index contributed by atoms with van der Waals surface area (Å²) in [6.45, 7) is 0.615. The van der Waals surface area contributed by atoms with Crippen LogP contribution in [0.15, 0.2) is 28.7 Å². The third-order valence-electron chi connectivity index (χ3n) is 5.24. The molecule has 0 radical (unpaired) electrons. The second kappa shape index (κ2) is 3.91. The van der Waals surface area contributed by atoms with E-state index in [4.69, 9.17) is 18.6 Å². The number of hydrogen-bond donors (Lipinski definition) is 0. The van der Waals surface area contributed by atoms with E-state index in [-0.39, 0.29) is 11.9 Å². The molecule has 2 bridgehead atoms. The largest absolute Gasteiger partial charge is 0.467 e. The highest BCUT2D eigenvalue weighted by atomic mass is 16.7. The van der Waals surface area contributed by atoms with E-state index in [2.05, 4.69) is 0 Å². The van der Waals surface area contributed by atoms with Gasteiger partial charge in [-0.1, -0.05) is 18.2 Å². The van der Waals surface area contributed by atoms with Crippen molar-refractivity contribution in [2.45, 2.75) is 30.7 Å². The second-order valence-electron chi connectivity index (χ2n) is 6.28. The Morgan fingerprint density at radius 2 is 2.23 bits per heavy atom. The summed E-state index contributed by atoms with van der Waals surface area (Å²) in [6.07, 6.45) is 2.54. The van der Waals surface area contributed by atoms with E-state index in [1.165, 1.54) is 7.11 Å². The van der Waals surface area contributed by atoms with Crippen molar-refractivity contribution in [1.29, 1.82) is 0 Å². The molecular formula is C17H16O5. The Balaban J connectivity index is 1.85. The fraction of sp³-hybridized carbons (Fsp3) is 0.471. The Morgan fingerprint density at radius 3 is 3.09 bits per heavy atom. The van der Waals surface area contributed by atoms with Gasteiger partial charge in [-0.25, -0.2) is 4.79 Å². The van der Waals surface area contributed by atoms with E-state index in [9.17, 15) is 4.79 Å². The van der Waals surface area contributed by atoms with Crippen LogP contribution in [0.4, 0.5) is 0 Å². The van der Waals surface area contributed by atoms with Crippen LogP contribution in [0.25, 0.3) is 11.0 Å². The maximum absolute atomic E-state index is 12.6. The second-order valence-corrected chi connectivity index (χ2v) is 6.28. The van der Waals surface area contributed by atoms with Gasteiger partial charge in [0.25, 0.3) is 0 Å². The molecule has 2 saturated heterocycles. The van der Waals surface area contributed by atoms with Crippen LogP contribution < -0.4 is 0 Å². The molecule has 5 nitrogen and oxygen atoms in total. The minimum Gasteiger partial charge on any atom is -0.467 e. The lowest BCUT2D eigenvalue weighted by molar-refractivity contribution is -0.282. The van der Waals surface area contributed by atoms with Gasteiger partial charge >= 0.3 is 5.97 Å². The van der Waals surface area contributed by atoms with Crippen molar-refractivity contribution in [3.05, 3.63) is 35.6 Å². The molecule has 0 aliphatic carbocycles. The van der Waals surface area contributed by atoms with Crippen molar-refractivity contribution in [1.82, 2.24) is 0 Å². The highest BCUT2D eigenvalue weighted by Crippen LogP contribution is 2.66. The standard InChI is InChI=1S/C17H16O5/c1-19-15(18)16-9-10-5-4-8-20-17(10,22-16)14-13(16)11-6-2-3-7-12(11)21-14/h2-3,6-7,10H,4-5,8-9H2,1H3/t10-,16-,17+/m0/s1. The van der Waals surface area contributed by atoms with Crippen molar-refractivity contribution in [2.75, 3.05) is 13.7 Å². The minimum atomic E-state index is -1.09. The molecule has 5 rings (SSSR count). The van der Waals surface area contributed by atoms with Crippen LogP contribution in [0.1, 0.15) is 30.6 Å². The number of ether oxygens (including phenoxy) is 3. The number of hydrogen-bond acceptors (Lipinski definition) is 5. The molecule has 22 heavy (non-hydrogen) atoms. The number of esters is 1. The SMILES string of the molecule is COC(=O)[C@@]12C[C@@H]3CCCO[C@]3(O1)c1oc3ccccc3c12. The lowest BCUT2D eigenvalue weighted by atomic mass is 9.74. The minimum absolute atomic E-state index is 0.133. The predicted molar refractivity (Wildman–Crippen MR) is 76.0 cm³/mol. The smallest absolute Gasteiger partial charge is 0.343 e. The van der Waals surface area contributed by atoms with Crippen molar-refractivity contribution < 1.29 is 23.4 Å². The predicted octanol–water partition coefficient (Wildman–Crippen LogP) is 2.81. The molecule has 5 heteroatoms. The molecule has 4 heterocycles. The molecule has 0 saturated carbocycles. The summed E-state index contributed by atoms with van der Waals surface area (Å²) in [5.41, 5.74) is 0.470. The average molecular weight is 300 g/mol. The third kappa shape index (κ3) is 1.22. The van der Waals surface area contributed by atoms with Crippen molar-refractivity contribution in [3.8, 4) is 0 Å². The van der Waals surface area contributed by atoms with Crippen molar-refractivity contribution >= 4 is 16.9 Å². The maximum Gasteiger partial charge on any atom is 0.343 e. The number of para-hydroxylation sites is 1. The molecule has 1 aromatic carbocycles. The van der Waals surface area contributed by atoms with Crippen LogP contribution in [0.2, 0.25) is 0 Å². The maximum atomic E-state index is 12.6. The first-order valence-electron chi connectivity index (χ1n) is 7.66. The summed E-state index contributed by atoms with van der Waals surface area (Å²) in [7, 11) is 1.40. The Labute approximate surface area is 127 Å². The first-order chi connectivity index (χ1) is 10.7. The molecule has 0 amide bonds. The molecular weight excluding hydrogens is 284 g/mol. The number of carbonyl (C=O) groups excluding carboxylic acids is 1. The van der Waals surface area contributed by atoms with Crippen molar-refractivity contribution in [2.24, 2.45) is 5.92 Å². The van der Waals surface area contributed by atoms with Gasteiger partial charge in [0.2, 0.25) is 5.79 Å². The number of carbonyl (C=O) groups is 1. The zero-order chi connectivity index (χ0) is 14.9. The Kier molecular flexibility index (Phi) is 2.25. The Bertz CT molecular complexity index is 793. The molecule has 1 spiro atoms. The van der Waals surface area contributed by atoms with E-state index in [0.29, 0.717) is 18.8 Å². The van der Waals surface area contributed by atoms with Crippen LogP contribution >= 0.6 is 0 Å². The molecule has 3 atom stereocenters. The normalized spacial score (nSPS) is 35.4. The Hall–Kier alpha value is -1.85. The summed E-state index contributed by atoms with van der Waals surface area (Å²) in [5.74, 6) is -0.487. The zero-order valence-electron chi connectivity index (χ0n) is 12.3. The van der Waals surface area contributed by atoms with Crippen molar-refractivity contribution in [3.63, 3.8) is 0 Å². The van der Waals surface area contributed by atoms with Crippen LogP contribution in [-0.4, -0.2) is 19.7 Å². The first kappa shape index (κ1) is 12.7. The summed E-state index contributed by atoms with van der Waals surface area (Å²) < 4.78 is 23.4. The highest BCUT2D eigenvalue weighted by Gasteiger charge is 2.72. The van der Waals surface area contributed by atoms with Crippen LogP contribution in [0.5, 0.6) is 0 Å². The fourth-order valence-corrected chi connectivity index (χ4v) is 4.39. The number of fused-ring (bicyclic) bond motifs is 5.